The minimum Gasteiger partial charge on any atom is -0.418 e. The van der Waals surface area contributed by atoms with E-state index in [1.165, 1.54) is 11.3 Å². The van der Waals surface area contributed by atoms with Gasteiger partial charge in [0.25, 0.3) is 0 Å². The van der Waals surface area contributed by atoms with E-state index >= 15 is 0 Å². The van der Waals surface area contributed by atoms with Crippen LogP contribution in [0.2, 0.25) is 0 Å². The van der Waals surface area contributed by atoms with E-state index in [-0.39, 0.29) is 12.8 Å². The van der Waals surface area contributed by atoms with Crippen molar-refractivity contribution < 1.29 is 36.3 Å². The summed E-state index contributed by atoms with van der Waals surface area (Å²) in [7, 11) is 0. The number of thiophene rings is 1. The summed E-state index contributed by atoms with van der Waals surface area (Å²) in [6.07, 6.45) is 6.88. The third kappa shape index (κ3) is 7.28. The van der Waals surface area contributed by atoms with E-state index in [4.69, 9.17) is 0 Å². The number of nitrogens with one attached hydrogen (secondary N) is 1. The number of esters is 1. The van der Waals surface area contributed by atoms with E-state index in [0.717, 1.165) is 48.6 Å². The van der Waals surface area contributed by atoms with Crippen LogP contribution in [0.3, 0.4) is 0 Å². The van der Waals surface area contributed by atoms with Crippen molar-refractivity contribution in [2.45, 2.75) is 70.8 Å². The molecule has 0 fully saturated rings. The Morgan fingerprint density at radius 2 is 1.46 bits per heavy atom. The van der Waals surface area contributed by atoms with Crippen LogP contribution in [0, 0.1) is 29.1 Å². The summed E-state index contributed by atoms with van der Waals surface area (Å²) in [6, 6.07) is 5.89. The maximum Gasteiger partial charge on any atom is 0.334 e. The molecule has 4 nitrogen and oxygen atoms in total. The molecule has 0 saturated heterocycles. The van der Waals surface area contributed by atoms with E-state index < -0.39 is 52.8 Å². The predicted octanol–water partition coefficient (Wildman–Crippen LogP) is 7.37. The molecule has 0 bridgehead atoms. The Bertz CT molecular complexity index is 1220. The number of carbonyl (C=O) groups is 2. The largest absolute Gasteiger partial charge is 0.418 e. The first-order valence-corrected chi connectivity index (χ1v) is 13.1. The Labute approximate surface area is 215 Å². The summed E-state index contributed by atoms with van der Waals surface area (Å²) >= 11 is 1.40. The summed E-state index contributed by atoms with van der Waals surface area (Å²) in [5.74, 6) is -14.9. The molecule has 1 amide bonds. The van der Waals surface area contributed by atoms with Gasteiger partial charge in [0.2, 0.25) is 40.7 Å². The molecule has 1 atom stereocenters. The number of halogens is 5. The van der Waals surface area contributed by atoms with Crippen LogP contribution in [0.15, 0.2) is 29.6 Å². The van der Waals surface area contributed by atoms with Crippen LogP contribution in [0.5, 0.6) is 5.75 Å². The fourth-order valence-corrected chi connectivity index (χ4v) is 4.93. The van der Waals surface area contributed by atoms with E-state index in [0.29, 0.717) is 12.0 Å². The quantitative estimate of drug-likeness (QED) is 0.0614. The van der Waals surface area contributed by atoms with Crippen LogP contribution in [0.4, 0.5) is 22.0 Å². The van der Waals surface area contributed by atoms with Crippen molar-refractivity contribution in [3.63, 3.8) is 0 Å². The molecule has 0 radical (unpaired) electrons. The predicted molar refractivity (Wildman–Crippen MR) is 132 cm³/mol. The molecule has 0 aliphatic rings. The Morgan fingerprint density at radius 3 is 2.14 bits per heavy atom. The fourth-order valence-electron chi connectivity index (χ4n) is 3.96. The van der Waals surface area contributed by atoms with Gasteiger partial charge in [-0.3, -0.25) is 4.79 Å². The van der Waals surface area contributed by atoms with E-state index in [1.54, 1.807) is 11.4 Å². The van der Waals surface area contributed by atoms with Gasteiger partial charge in [0.05, 0.1) is 0 Å². The Morgan fingerprint density at radius 1 is 0.865 bits per heavy atom. The third-order valence-corrected chi connectivity index (χ3v) is 7.00. The Kier molecular flexibility index (Phi) is 10.4. The lowest BCUT2D eigenvalue weighted by atomic mass is 10.0. The Hall–Kier alpha value is -3.01. The lowest BCUT2D eigenvalue weighted by Crippen LogP contribution is -2.44. The van der Waals surface area contributed by atoms with Crippen molar-refractivity contribution in [1.29, 1.82) is 0 Å². The molecule has 37 heavy (non-hydrogen) atoms. The van der Waals surface area contributed by atoms with Gasteiger partial charge in [0, 0.05) is 17.5 Å². The normalized spacial score (nSPS) is 12.1. The van der Waals surface area contributed by atoms with Crippen molar-refractivity contribution in [2.75, 3.05) is 0 Å². The van der Waals surface area contributed by atoms with Crippen LogP contribution in [0.1, 0.15) is 63.9 Å². The van der Waals surface area contributed by atoms with Gasteiger partial charge in [0.15, 0.2) is 0 Å². The van der Waals surface area contributed by atoms with E-state index in [1.807, 2.05) is 18.2 Å². The van der Waals surface area contributed by atoms with Gasteiger partial charge in [-0.05, 0) is 28.8 Å². The first-order valence-electron chi connectivity index (χ1n) is 12.2. The molecule has 3 rings (SSSR count). The van der Waals surface area contributed by atoms with Crippen molar-refractivity contribution in [2.24, 2.45) is 0 Å². The molecule has 0 saturated carbocycles. The third-order valence-electron chi connectivity index (χ3n) is 5.98. The second kappa shape index (κ2) is 13.5. The number of amides is 1. The maximum absolute atomic E-state index is 14.1. The highest BCUT2D eigenvalue weighted by Gasteiger charge is 2.31. The highest BCUT2D eigenvalue weighted by atomic mass is 32.1. The van der Waals surface area contributed by atoms with Crippen LogP contribution in [-0.4, -0.2) is 17.9 Å². The zero-order chi connectivity index (χ0) is 26.9. The molecule has 10 heteroatoms. The van der Waals surface area contributed by atoms with E-state index in [9.17, 15) is 31.5 Å². The number of fused-ring (bicyclic) bond motifs is 1. The second-order valence-electron chi connectivity index (χ2n) is 8.77. The monoisotopic (exact) mass is 541 g/mol. The highest BCUT2D eigenvalue weighted by molar-refractivity contribution is 7.17. The molecule has 0 spiro atoms. The van der Waals surface area contributed by atoms with Gasteiger partial charge in [-0.25, -0.2) is 18.0 Å². The van der Waals surface area contributed by atoms with Crippen LogP contribution < -0.4 is 10.1 Å². The number of unbranched alkanes of at least 4 members (excludes halogenated alkanes) is 6. The number of ether oxygens (including phenoxy) is 1. The average Bonchev–Trinajstić information content (AvgIpc) is 3.30. The smallest absolute Gasteiger partial charge is 0.334 e. The van der Waals surface area contributed by atoms with Crippen molar-refractivity contribution in [3.05, 3.63) is 64.3 Å². The second-order valence-corrected chi connectivity index (χ2v) is 9.68. The van der Waals surface area contributed by atoms with Crippen molar-refractivity contribution in [3.8, 4) is 5.75 Å². The molecule has 200 valence electrons. The first-order chi connectivity index (χ1) is 17.7. The highest BCUT2D eigenvalue weighted by Crippen LogP contribution is 2.30. The topological polar surface area (TPSA) is 55.4 Å². The van der Waals surface area contributed by atoms with Gasteiger partial charge in [-0.1, -0.05) is 63.6 Å². The number of hydrogen-bond acceptors (Lipinski definition) is 4. The summed E-state index contributed by atoms with van der Waals surface area (Å²) in [4.78, 5) is 25.5. The van der Waals surface area contributed by atoms with Crippen molar-refractivity contribution in [1.82, 2.24) is 5.32 Å². The molecule has 0 aliphatic heterocycles. The van der Waals surface area contributed by atoms with Gasteiger partial charge in [0.1, 0.15) is 6.04 Å². The lowest BCUT2D eigenvalue weighted by molar-refractivity contribution is -0.139. The van der Waals surface area contributed by atoms with Crippen LogP contribution in [-0.2, 0) is 16.0 Å². The van der Waals surface area contributed by atoms with Gasteiger partial charge in [-0.15, -0.1) is 11.3 Å². The summed E-state index contributed by atoms with van der Waals surface area (Å²) in [6.45, 7) is 2.12. The summed E-state index contributed by atoms with van der Waals surface area (Å²) in [5.41, 5.74) is 0.663. The SMILES string of the molecule is CCCCCCCCCC(=O)NC(Cc1csc2ccccc12)C(=O)Oc1c(F)c(F)c(F)c(F)c1F. The molecular formula is C27H28F5NO3S. The molecule has 1 unspecified atom stereocenters. The van der Waals surface area contributed by atoms with Crippen molar-refractivity contribution >= 4 is 33.3 Å². The minimum absolute atomic E-state index is 0.0962. The number of rotatable bonds is 13. The van der Waals surface area contributed by atoms with Gasteiger partial charge < -0.3 is 10.1 Å². The lowest BCUT2D eigenvalue weighted by Gasteiger charge is -2.18. The molecule has 1 heterocycles. The van der Waals surface area contributed by atoms with Crippen LogP contribution in [0.25, 0.3) is 10.1 Å². The number of hydrogen-bond donors (Lipinski definition) is 1. The molecule has 3 aromatic rings. The molecule has 0 aliphatic carbocycles. The number of carbonyl (C=O) groups excluding carboxylic acids is 2. The molecule has 2 aromatic carbocycles. The summed E-state index contributed by atoms with van der Waals surface area (Å²) < 4.78 is 74.3. The molecule has 1 aromatic heterocycles. The van der Waals surface area contributed by atoms with Gasteiger partial charge in [-0.2, -0.15) is 8.78 Å². The number of benzene rings is 2. The minimum atomic E-state index is -2.36. The Balaban J connectivity index is 1.75. The fraction of sp³-hybridized carbons (Fsp3) is 0.407. The van der Waals surface area contributed by atoms with E-state index in [2.05, 4.69) is 17.0 Å². The first kappa shape index (κ1) is 28.6. The standard InChI is InChI=1S/C27H28F5NO3S/c1-2-3-4-5-6-7-8-13-20(34)33-18(14-16-15-37-19-12-10-9-11-17(16)19)27(35)36-26-24(31)22(29)21(28)23(30)25(26)32/h9-12,15,18H,2-8,13-14H2,1H3,(H,33,34). The molecular weight excluding hydrogens is 513 g/mol. The van der Waals surface area contributed by atoms with Gasteiger partial charge >= 0.3 is 5.97 Å². The summed E-state index contributed by atoms with van der Waals surface area (Å²) in [5, 5.41) is 5.09. The maximum atomic E-state index is 14.1. The average molecular weight is 542 g/mol. The van der Waals surface area contributed by atoms with Crippen LogP contribution >= 0.6 is 11.3 Å². The molecule has 1 N–H and O–H groups in total. The zero-order valence-corrected chi connectivity index (χ0v) is 21.2. The zero-order valence-electron chi connectivity index (χ0n) is 20.4.